The zero-order valence-corrected chi connectivity index (χ0v) is 24.6. The number of Topliss-reactive ketones (excluding diaryl/α,β-unsaturated/α-hetero) is 1. The Morgan fingerprint density at radius 1 is 0.769 bits per heavy atom. The van der Waals surface area contributed by atoms with E-state index < -0.39 is 0 Å². The van der Waals surface area contributed by atoms with E-state index in [9.17, 15) is 4.79 Å². The number of nitrogens with zero attached hydrogens (tertiary/aromatic N) is 2. The van der Waals surface area contributed by atoms with Crippen LogP contribution in [0, 0.1) is 13.8 Å². The number of hydrogen-bond donors (Lipinski definition) is 0. The molecular formula is C36H50N2O. The molecule has 2 aromatic carbocycles. The molecule has 1 saturated heterocycles. The zero-order chi connectivity index (χ0) is 27.3. The second-order valence-electron chi connectivity index (χ2n) is 11.7. The number of rotatable bonds is 15. The Balaban J connectivity index is 1.09. The topological polar surface area (TPSA) is 23.6 Å². The van der Waals surface area contributed by atoms with Crippen LogP contribution in [0.2, 0.25) is 0 Å². The molecule has 1 fully saturated rings. The molecule has 2 aromatic rings. The SMILES string of the molecule is Cc1ccc(N2CCN(CCCC3=CCCC=C3)CC2)cc1CCCCCCCCC(=O)c1ccccc1C. The van der Waals surface area contributed by atoms with E-state index >= 15 is 0 Å². The minimum absolute atomic E-state index is 0.301. The highest BCUT2D eigenvalue weighted by atomic mass is 16.1. The molecular weight excluding hydrogens is 476 g/mol. The number of hydrogen-bond acceptors (Lipinski definition) is 3. The van der Waals surface area contributed by atoms with Gasteiger partial charge >= 0.3 is 0 Å². The number of aryl methyl sites for hydroxylation is 3. The predicted molar refractivity (Wildman–Crippen MR) is 167 cm³/mol. The molecule has 0 unspecified atom stereocenters. The molecule has 0 aromatic heterocycles. The number of benzene rings is 2. The van der Waals surface area contributed by atoms with Crippen molar-refractivity contribution >= 4 is 11.5 Å². The van der Waals surface area contributed by atoms with Gasteiger partial charge in [0.15, 0.2) is 5.78 Å². The normalized spacial score (nSPS) is 15.9. The van der Waals surface area contributed by atoms with Crippen molar-refractivity contribution in [1.29, 1.82) is 0 Å². The minimum atomic E-state index is 0.301. The van der Waals surface area contributed by atoms with Gasteiger partial charge in [-0.05, 0) is 94.2 Å². The fraction of sp³-hybridized carbons (Fsp3) is 0.528. The lowest BCUT2D eigenvalue weighted by Crippen LogP contribution is -2.46. The van der Waals surface area contributed by atoms with Crippen LogP contribution in [-0.4, -0.2) is 43.4 Å². The number of carbonyl (C=O) groups excluding carboxylic acids is 1. The third kappa shape index (κ3) is 9.49. The molecule has 2 aliphatic rings. The van der Waals surface area contributed by atoms with Crippen LogP contribution in [0.1, 0.15) is 97.7 Å². The highest BCUT2D eigenvalue weighted by molar-refractivity contribution is 5.97. The van der Waals surface area contributed by atoms with E-state index in [0.717, 1.165) is 37.1 Å². The van der Waals surface area contributed by atoms with Gasteiger partial charge in [0.1, 0.15) is 0 Å². The summed E-state index contributed by atoms with van der Waals surface area (Å²) in [7, 11) is 0. The average Bonchev–Trinajstić information content (AvgIpc) is 2.96. The van der Waals surface area contributed by atoms with Gasteiger partial charge in [0.05, 0.1) is 0 Å². The van der Waals surface area contributed by atoms with Crippen LogP contribution in [0.4, 0.5) is 5.69 Å². The molecule has 210 valence electrons. The Hall–Kier alpha value is -2.65. The first-order valence-electron chi connectivity index (χ1n) is 15.6. The van der Waals surface area contributed by atoms with Gasteiger partial charge in [-0.15, -0.1) is 0 Å². The van der Waals surface area contributed by atoms with Crippen LogP contribution in [0.15, 0.2) is 66.3 Å². The number of unbranched alkanes of at least 4 members (excludes halogenated alkanes) is 5. The fourth-order valence-corrected chi connectivity index (χ4v) is 6.04. The number of piperazine rings is 1. The average molecular weight is 527 g/mol. The summed E-state index contributed by atoms with van der Waals surface area (Å²) >= 11 is 0. The maximum absolute atomic E-state index is 12.4. The van der Waals surface area contributed by atoms with Gasteiger partial charge in [-0.3, -0.25) is 9.69 Å². The third-order valence-electron chi connectivity index (χ3n) is 8.63. The van der Waals surface area contributed by atoms with Gasteiger partial charge in [-0.1, -0.05) is 79.8 Å². The Bertz CT molecular complexity index is 1110. The molecule has 0 amide bonds. The van der Waals surface area contributed by atoms with Gasteiger partial charge in [0.2, 0.25) is 0 Å². The van der Waals surface area contributed by atoms with Gasteiger partial charge in [-0.2, -0.15) is 0 Å². The van der Waals surface area contributed by atoms with E-state index in [1.165, 1.54) is 99.8 Å². The van der Waals surface area contributed by atoms with Gasteiger partial charge in [0.25, 0.3) is 0 Å². The fourth-order valence-electron chi connectivity index (χ4n) is 6.04. The Kier molecular flexibility index (Phi) is 11.9. The van der Waals surface area contributed by atoms with Gasteiger partial charge < -0.3 is 4.90 Å². The molecule has 1 aliphatic heterocycles. The summed E-state index contributed by atoms with van der Waals surface area (Å²) in [5.74, 6) is 0.301. The number of ketones is 1. The van der Waals surface area contributed by atoms with Crippen LogP contribution in [0.5, 0.6) is 0 Å². The third-order valence-corrected chi connectivity index (χ3v) is 8.63. The summed E-state index contributed by atoms with van der Waals surface area (Å²) in [6, 6.07) is 15.1. The molecule has 0 saturated carbocycles. The second kappa shape index (κ2) is 15.8. The number of anilines is 1. The largest absolute Gasteiger partial charge is 0.369 e. The van der Waals surface area contributed by atoms with Crippen molar-refractivity contribution in [3.8, 4) is 0 Å². The van der Waals surface area contributed by atoms with E-state index in [2.05, 4.69) is 53.2 Å². The van der Waals surface area contributed by atoms with Crippen molar-refractivity contribution in [1.82, 2.24) is 4.90 Å². The summed E-state index contributed by atoms with van der Waals surface area (Å²) in [5, 5.41) is 0. The minimum Gasteiger partial charge on any atom is -0.369 e. The number of allylic oxidation sites excluding steroid dienone is 4. The quantitative estimate of drug-likeness (QED) is 0.171. The predicted octanol–water partition coefficient (Wildman–Crippen LogP) is 8.64. The van der Waals surface area contributed by atoms with Crippen molar-refractivity contribution in [3.05, 3.63) is 88.5 Å². The van der Waals surface area contributed by atoms with Crippen molar-refractivity contribution in [2.75, 3.05) is 37.6 Å². The first kappa shape index (κ1) is 29.3. The molecule has 0 radical (unpaired) electrons. The Morgan fingerprint density at radius 3 is 2.31 bits per heavy atom. The number of carbonyl (C=O) groups is 1. The highest BCUT2D eigenvalue weighted by Crippen LogP contribution is 2.23. The summed E-state index contributed by atoms with van der Waals surface area (Å²) in [6.07, 6.45) is 21.1. The van der Waals surface area contributed by atoms with Crippen LogP contribution >= 0.6 is 0 Å². The van der Waals surface area contributed by atoms with E-state index in [-0.39, 0.29) is 0 Å². The van der Waals surface area contributed by atoms with E-state index in [0.29, 0.717) is 12.2 Å². The van der Waals surface area contributed by atoms with Crippen LogP contribution in [0.25, 0.3) is 0 Å². The smallest absolute Gasteiger partial charge is 0.163 e. The molecule has 1 aliphatic carbocycles. The summed E-state index contributed by atoms with van der Waals surface area (Å²) in [6.45, 7) is 10.1. The van der Waals surface area contributed by atoms with Crippen molar-refractivity contribution in [2.45, 2.75) is 90.9 Å². The monoisotopic (exact) mass is 526 g/mol. The maximum Gasteiger partial charge on any atom is 0.163 e. The van der Waals surface area contributed by atoms with Crippen LogP contribution < -0.4 is 4.90 Å². The summed E-state index contributed by atoms with van der Waals surface area (Å²) in [5.41, 5.74) is 7.90. The molecule has 3 heteroatoms. The molecule has 0 spiro atoms. The molecule has 0 bridgehead atoms. The van der Waals surface area contributed by atoms with E-state index in [4.69, 9.17) is 0 Å². The molecule has 39 heavy (non-hydrogen) atoms. The lowest BCUT2D eigenvalue weighted by Gasteiger charge is -2.36. The van der Waals surface area contributed by atoms with Crippen molar-refractivity contribution in [3.63, 3.8) is 0 Å². The zero-order valence-electron chi connectivity index (χ0n) is 24.6. The molecule has 4 rings (SSSR count). The Labute approximate surface area is 238 Å². The molecule has 1 heterocycles. The van der Waals surface area contributed by atoms with E-state index in [1.807, 2.05) is 31.2 Å². The lowest BCUT2D eigenvalue weighted by atomic mass is 9.98. The molecule has 0 atom stereocenters. The van der Waals surface area contributed by atoms with Crippen molar-refractivity contribution in [2.24, 2.45) is 0 Å². The molecule has 3 nitrogen and oxygen atoms in total. The first-order valence-corrected chi connectivity index (χ1v) is 15.6. The highest BCUT2D eigenvalue weighted by Gasteiger charge is 2.17. The standard InChI is InChI=1S/C36H50N2O/c1-30-22-23-34(38-27-25-37(26-28-38)24-14-18-32-16-8-7-9-17-32)29-33(30)19-10-5-3-4-6-11-21-36(39)35-20-13-12-15-31(35)2/h8,12-13,15-17,20,22-23,29H,3-7,9-11,14,18-19,21,24-28H2,1-2H3. The maximum atomic E-state index is 12.4. The van der Waals surface area contributed by atoms with Crippen molar-refractivity contribution < 1.29 is 4.79 Å². The molecule has 0 N–H and O–H groups in total. The summed E-state index contributed by atoms with van der Waals surface area (Å²) in [4.78, 5) is 17.7. The van der Waals surface area contributed by atoms with E-state index in [1.54, 1.807) is 0 Å². The lowest BCUT2D eigenvalue weighted by molar-refractivity contribution is 0.0978. The van der Waals surface area contributed by atoms with Crippen LogP contribution in [-0.2, 0) is 6.42 Å². The Morgan fingerprint density at radius 2 is 1.54 bits per heavy atom. The van der Waals surface area contributed by atoms with Crippen LogP contribution in [0.3, 0.4) is 0 Å². The summed E-state index contributed by atoms with van der Waals surface area (Å²) < 4.78 is 0. The van der Waals surface area contributed by atoms with Gasteiger partial charge in [-0.25, -0.2) is 0 Å². The van der Waals surface area contributed by atoms with Gasteiger partial charge in [0, 0.05) is 43.9 Å². The first-order chi connectivity index (χ1) is 19.1. The second-order valence-corrected chi connectivity index (χ2v) is 11.7.